The highest BCUT2D eigenvalue weighted by Gasteiger charge is 2.35. The van der Waals surface area contributed by atoms with Crippen molar-refractivity contribution in [2.45, 2.75) is 11.3 Å². The molecule has 1 aromatic carbocycles. The van der Waals surface area contributed by atoms with Gasteiger partial charge in [-0.3, -0.25) is 14.6 Å². The number of aromatic nitrogens is 1. The van der Waals surface area contributed by atoms with Gasteiger partial charge in [0.25, 0.3) is 11.8 Å². The smallest absolute Gasteiger partial charge is 0.338 e. The van der Waals surface area contributed by atoms with E-state index in [1.54, 1.807) is 6.07 Å². The lowest BCUT2D eigenvalue weighted by Gasteiger charge is -2.28. The number of pyridine rings is 1. The highest BCUT2D eigenvalue weighted by molar-refractivity contribution is 7.90. The number of esters is 1. The summed E-state index contributed by atoms with van der Waals surface area (Å²) in [5, 5.41) is 2.39. The van der Waals surface area contributed by atoms with E-state index >= 15 is 0 Å². The Balaban J connectivity index is 1.97. The maximum absolute atomic E-state index is 13.1. The highest BCUT2D eigenvalue weighted by atomic mass is 32.2. The predicted octanol–water partition coefficient (Wildman–Crippen LogP) is 1.18. The molecule has 2 aromatic rings. The molecule has 1 saturated heterocycles. The Bertz CT molecular complexity index is 1080. The van der Waals surface area contributed by atoms with Crippen LogP contribution in [0.25, 0.3) is 0 Å². The van der Waals surface area contributed by atoms with Crippen molar-refractivity contribution in [3.8, 4) is 0 Å². The van der Waals surface area contributed by atoms with E-state index in [1.807, 2.05) is 0 Å². The summed E-state index contributed by atoms with van der Waals surface area (Å²) in [4.78, 5) is 41.9. The number of carbonyl (C=O) groups excluding carboxylic acids is 3. The van der Waals surface area contributed by atoms with Crippen molar-refractivity contribution in [1.82, 2.24) is 15.0 Å². The average Bonchev–Trinajstić information content (AvgIpc) is 3.21. The summed E-state index contributed by atoms with van der Waals surface area (Å²) in [5.74, 6) is -1.91. The third kappa shape index (κ3) is 3.97. The number of amides is 2. The molecule has 3 rings (SSSR count). The molecular formula is C19H19N3O6S. The molecule has 152 valence electrons. The minimum Gasteiger partial charge on any atom is -0.465 e. The third-order valence-electron chi connectivity index (χ3n) is 4.47. The molecule has 1 aromatic heterocycles. The van der Waals surface area contributed by atoms with E-state index in [-0.39, 0.29) is 34.7 Å². The molecule has 0 N–H and O–H groups in total. The van der Waals surface area contributed by atoms with Crippen LogP contribution in [0.5, 0.6) is 0 Å². The number of benzene rings is 1. The normalized spacial score (nSPS) is 14.0. The molecule has 1 fully saturated rings. The van der Waals surface area contributed by atoms with Crippen LogP contribution in [0.2, 0.25) is 0 Å². The van der Waals surface area contributed by atoms with E-state index in [4.69, 9.17) is 4.74 Å². The van der Waals surface area contributed by atoms with Gasteiger partial charge in [-0.15, -0.1) is 0 Å². The van der Waals surface area contributed by atoms with Crippen molar-refractivity contribution < 1.29 is 27.5 Å². The van der Waals surface area contributed by atoms with E-state index in [2.05, 4.69) is 4.98 Å². The van der Waals surface area contributed by atoms with E-state index < -0.39 is 27.6 Å². The standard InChI is InChI=1S/C19H19N3O6S/c1-28-19(25)13-8-9-20-12-15(13)18(24)22-11-5-10-21(22)17(23)14-6-3-4-7-16(14)29(2,26)27/h3-4,6-9,12H,5,10-11H2,1-2H3. The number of hydrazine groups is 1. The first-order valence-electron chi connectivity index (χ1n) is 8.70. The summed E-state index contributed by atoms with van der Waals surface area (Å²) < 4.78 is 28.8. The molecule has 0 saturated carbocycles. The number of hydrogen-bond acceptors (Lipinski definition) is 7. The number of carbonyl (C=O) groups is 3. The Kier molecular flexibility index (Phi) is 5.64. The highest BCUT2D eigenvalue weighted by Crippen LogP contribution is 2.23. The second-order valence-corrected chi connectivity index (χ2v) is 8.38. The van der Waals surface area contributed by atoms with Gasteiger partial charge in [0.1, 0.15) is 0 Å². The summed E-state index contributed by atoms with van der Waals surface area (Å²) in [6.07, 6.45) is 4.12. The number of hydrogen-bond donors (Lipinski definition) is 0. The molecule has 2 amide bonds. The van der Waals surface area contributed by atoms with E-state index in [9.17, 15) is 22.8 Å². The van der Waals surface area contributed by atoms with Gasteiger partial charge in [-0.1, -0.05) is 12.1 Å². The summed E-state index contributed by atoms with van der Waals surface area (Å²) in [5.41, 5.74) is 0.00728. The maximum Gasteiger partial charge on any atom is 0.338 e. The Morgan fingerprint density at radius 1 is 0.966 bits per heavy atom. The van der Waals surface area contributed by atoms with Crippen LogP contribution in [-0.2, 0) is 14.6 Å². The topological polar surface area (TPSA) is 114 Å². The van der Waals surface area contributed by atoms with Crippen LogP contribution < -0.4 is 0 Å². The second kappa shape index (κ2) is 8.00. The van der Waals surface area contributed by atoms with Crippen molar-refractivity contribution in [3.05, 3.63) is 59.4 Å². The SMILES string of the molecule is COC(=O)c1ccncc1C(=O)N1CCCN1C(=O)c1ccccc1S(C)(=O)=O. The first kappa shape index (κ1) is 20.5. The molecule has 29 heavy (non-hydrogen) atoms. The zero-order valence-corrected chi connectivity index (χ0v) is 16.7. The van der Waals surface area contributed by atoms with Crippen molar-refractivity contribution in [3.63, 3.8) is 0 Å². The van der Waals surface area contributed by atoms with Crippen LogP contribution in [0.3, 0.4) is 0 Å². The lowest BCUT2D eigenvalue weighted by molar-refractivity contribution is 0.0181. The van der Waals surface area contributed by atoms with Crippen molar-refractivity contribution >= 4 is 27.6 Å². The fourth-order valence-corrected chi connectivity index (χ4v) is 4.01. The van der Waals surface area contributed by atoms with Crippen LogP contribution >= 0.6 is 0 Å². The summed E-state index contributed by atoms with van der Waals surface area (Å²) >= 11 is 0. The van der Waals surface area contributed by atoms with Crippen LogP contribution in [0.4, 0.5) is 0 Å². The van der Waals surface area contributed by atoms with Crippen LogP contribution in [0.1, 0.15) is 37.5 Å². The van der Waals surface area contributed by atoms with E-state index in [1.165, 1.54) is 53.8 Å². The molecule has 9 nitrogen and oxygen atoms in total. The van der Waals surface area contributed by atoms with Crippen LogP contribution in [0.15, 0.2) is 47.6 Å². The first-order valence-corrected chi connectivity index (χ1v) is 10.6. The minimum atomic E-state index is -3.64. The number of nitrogens with zero attached hydrogens (tertiary/aromatic N) is 3. The van der Waals surface area contributed by atoms with Gasteiger partial charge in [-0.25, -0.2) is 23.2 Å². The number of ether oxygens (including phenoxy) is 1. The molecule has 0 spiro atoms. The summed E-state index contributed by atoms with van der Waals surface area (Å²) in [7, 11) is -2.44. The minimum absolute atomic E-state index is 0.00421. The molecular weight excluding hydrogens is 398 g/mol. The van der Waals surface area contributed by atoms with Gasteiger partial charge >= 0.3 is 5.97 Å². The molecule has 1 aliphatic heterocycles. The van der Waals surface area contributed by atoms with Gasteiger partial charge in [0.15, 0.2) is 9.84 Å². The van der Waals surface area contributed by atoms with Crippen molar-refractivity contribution in [1.29, 1.82) is 0 Å². The predicted molar refractivity (Wildman–Crippen MR) is 102 cm³/mol. The van der Waals surface area contributed by atoms with Crippen molar-refractivity contribution in [2.75, 3.05) is 26.5 Å². The van der Waals surface area contributed by atoms with Crippen LogP contribution in [-0.4, -0.2) is 67.7 Å². The third-order valence-corrected chi connectivity index (χ3v) is 5.63. The van der Waals surface area contributed by atoms with Crippen LogP contribution in [0, 0.1) is 0 Å². The molecule has 10 heteroatoms. The quantitative estimate of drug-likeness (QED) is 0.686. The molecule has 1 aliphatic rings. The lowest BCUT2D eigenvalue weighted by atomic mass is 10.1. The zero-order valence-electron chi connectivity index (χ0n) is 15.9. The first-order chi connectivity index (χ1) is 13.8. The molecule has 0 aliphatic carbocycles. The Labute approximate surface area is 167 Å². The van der Waals surface area contributed by atoms with Gasteiger partial charge in [0.2, 0.25) is 0 Å². The number of rotatable bonds is 4. The fraction of sp³-hybridized carbons (Fsp3) is 0.263. The van der Waals surface area contributed by atoms with Gasteiger partial charge in [0, 0.05) is 31.7 Å². The molecule has 0 atom stereocenters. The monoisotopic (exact) mass is 417 g/mol. The lowest BCUT2D eigenvalue weighted by Crippen LogP contribution is -2.45. The zero-order chi connectivity index (χ0) is 21.2. The molecule has 0 bridgehead atoms. The summed E-state index contributed by atoms with van der Waals surface area (Å²) in [6, 6.07) is 7.20. The molecule has 0 unspecified atom stereocenters. The van der Waals surface area contributed by atoms with E-state index in [0.717, 1.165) is 6.26 Å². The second-order valence-electron chi connectivity index (χ2n) is 6.39. The maximum atomic E-state index is 13.1. The Morgan fingerprint density at radius 2 is 1.59 bits per heavy atom. The Morgan fingerprint density at radius 3 is 2.21 bits per heavy atom. The van der Waals surface area contributed by atoms with E-state index in [0.29, 0.717) is 6.42 Å². The largest absolute Gasteiger partial charge is 0.465 e. The molecule has 2 heterocycles. The fourth-order valence-electron chi connectivity index (χ4n) is 3.13. The average molecular weight is 417 g/mol. The summed E-state index contributed by atoms with van der Waals surface area (Å²) in [6.45, 7) is 0.470. The molecule has 0 radical (unpaired) electrons. The van der Waals surface area contributed by atoms with Crippen molar-refractivity contribution in [2.24, 2.45) is 0 Å². The van der Waals surface area contributed by atoms with Gasteiger partial charge < -0.3 is 4.74 Å². The number of methoxy groups -OCH3 is 1. The van der Waals surface area contributed by atoms with Gasteiger partial charge in [0.05, 0.1) is 28.7 Å². The van der Waals surface area contributed by atoms with Gasteiger partial charge in [-0.05, 0) is 24.6 Å². The Hall–Kier alpha value is -3.27. The number of sulfone groups is 1. The van der Waals surface area contributed by atoms with Gasteiger partial charge in [-0.2, -0.15) is 0 Å².